The van der Waals surface area contributed by atoms with Crippen LogP contribution in [0.4, 0.5) is 0 Å². The average molecular weight is 281 g/mol. The smallest absolute Gasteiger partial charge is 0.306 e. The molecule has 2 rings (SSSR count). The molecular formula is C12H15N3O3S. The van der Waals surface area contributed by atoms with E-state index in [1.54, 1.807) is 17.2 Å². The molecule has 1 fully saturated rings. The van der Waals surface area contributed by atoms with Gasteiger partial charge in [0.25, 0.3) is 0 Å². The van der Waals surface area contributed by atoms with E-state index in [2.05, 4.69) is 9.97 Å². The highest BCUT2D eigenvalue weighted by Gasteiger charge is 2.26. The fraction of sp³-hybridized carbons (Fsp3) is 0.500. The third-order valence-electron chi connectivity index (χ3n) is 3.10. The minimum atomic E-state index is -0.762. The Bertz CT molecular complexity index is 447. The lowest BCUT2D eigenvalue weighted by atomic mass is 9.97. The van der Waals surface area contributed by atoms with Crippen LogP contribution in [0.2, 0.25) is 0 Å². The summed E-state index contributed by atoms with van der Waals surface area (Å²) in [5.74, 6) is -0.706. The van der Waals surface area contributed by atoms with Gasteiger partial charge in [0, 0.05) is 19.3 Å². The van der Waals surface area contributed by atoms with Gasteiger partial charge in [-0.1, -0.05) is 11.8 Å². The fourth-order valence-corrected chi connectivity index (χ4v) is 2.70. The molecule has 0 unspecified atom stereocenters. The second-order valence-corrected chi connectivity index (χ2v) is 5.33. The van der Waals surface area contributed by atoms with Gasteiger partial charge in [0.2, 0.25) is 5.91 Å². The molecule has 0 aromatic carbocycles. The second kappa shape index (κ2) is 6.51. The minimum absolute atomic E-state index is 0.0347. The molecule has 0 atom stereocenters. The number of piperidine rings is 1. The number of hydrogen-bond donors (Lipinski definition) is 1. The van der Waals surface area contributed by atoms with E-state index in [-0.39, 0.29) is 11.8 Å². The topological polar surface area (TPSA) is 83.4 Å². The number of amides is 1. The monoisotopic (exact) mass is 281 g/mol. The molecule has 1 saturated heterocycles. The summed E-state index contributed by atoms with van der Waals surface area (Å²) in [5, 5.41) is 9.66. The Morgan fingerprint density at radius 3 is 2.74 bits per heavy atom. The van der Waals surface area contributed by atoms with Gasteiger partial charge in [0.1, 0.15) is 6.33 Å². The van der Waals surface area contributed by atoms with Gasteiger partial charge < -0.3 is 10.0 Å². The van der Waals surface area contributed by atoms with Crippen molar-refractivity contribution in [1.29, 1.82) is 0 Å². The zero-order valence-electron chi connectivity index (χ0n) is 10.4. The molecule has 19 heavy (non-hydrogen) atoms. The molecule has 1 aromatic heterocycles. The van der Waals surface area contributed by atoms with Crippen molar-refractivity contribution in [2.45, 2.75) is 17.9 Å². The Labute approximate surface area is 115 Å². The maximum atomic E-state index is 12.0. The van der Waals surface area contributed by atoms with Crippen molar-refractivity contribution in [2.24, 2.45) is 5.92 Å². The van der Waals surface area contributed by atoms with Crippen LogP contribution in [0.5, 0.6) is 0 Å². The fourth-order valence-electron chi connectivity index (χ4n) is 1.97. The van der Waals surface area contributed by atoms with Crippen molar-refractivity contribution in [3.8, 4) is 0 Å². The minimum Gasteiger partial charge on any atom is -0.481 e. The zero-order valence-corrected chi connectivity index (χ0v) is 11.2. The van der Waals surface area contributed by atoms with Crippen LogP contribution < -0.4 is 0 Å². The van der Waals surface area contributed by atoms with Gasteiger partial charge in [-0.3, -0.25) is 9.59 Å². The SMILES string of the molecule is O=C(O)C1CCN(C(=O)CSc2ccncn2)CC1. The third-order valence-corrected chi connectivity index (χ3v) is 4.02. The maximum absolute atomic E-state index is 12.0. The summed E-state index contributed by atoms with van der Waals surface area (Å²) in [7, 11) is 0. The molecule has 102 valence electrons. The lowest BCUT2D eigenvalue weighted by Gasteiger charge is -2.30. The Balaban J connectivity index is 1.77. The Morgan fingerprint density at radius 1 is 1.42 bits per heavy atom. The summed E-state index contributed by atoms with van der Waals surface area (Å²) in [6.45, 7) is 1.06. The molecule has 1 aliphatic rings. The van der Waals surface area contributed by atoms with Crippen molar-refractivity contribution < 1.29 is 14.7 Å². The highest BCUT2D eigenvalue weighted by molar-refractivity contribution is 7.99. The maximum Gasteiger partial charge on any atom is 0.306 e. The summed E-state index contributed by atoms with van der Waals surface area (Å²) in [6.07, 6.45) is 4.17. The number of nitrogens with zero attached hydrogens (tertiary/aromatic N) is 3. The van der Waals surface area contributed by atoms with Gasteiger partial charge in [0.15, 0.2) is 0 Å². The molecule has 1 aliphatic heterocycles. The van der Waals surface area contributed by atoms with E-state index < -0.39 is 5.97 Å². The van der Waals surface area contributed by atoms with Crippen LogP contribution in [-0.2, 0) is 9.59 Å². The van der Waals surface area contributed by atoms with Crippen LogP contribution >= 0.6 is 11.8 Å². The summed E-state index contributed by atoms with van der Waals surface area (Å²) in [4.78, 5) is 32.4. The molecule has 0 bridgehead atoms. The van der Waals surface area contributed by atoms with E-state index in [0.717, 1.165) is 5.03 Å². The second-order valence-electron chi connectivity index (χ2n) is 4.33. The number of carboxylic acids is 1. The van der Waals surface area contributed by atoms with Gasteiger partial charge in [-0.15, -0.1) is 0 Å². The summed E-state index contributed by atoms with van der Waals surface area (Å²) in [5.41, 5.74) is 0. The molecule has 1 aromatic rings. The lowest BCUT2D eigenvalue weighted by Crippen LogP contribution is -2.41. The molecular weight excluding hydrogens is 266 g/mol. The first-order valence-electron chi connectivity index (χ1n) is 6.06. The number of thioether (sulfide) groups is 1. The van der Waals surface area contributed by atoms with Gasteiger partial charge in [0.05, 0.1) is 16.7 Å². The first-order valence-corrected chi connectivity index (χ1v) is 7.05. The number of hydrogen-bond acceptors (Lipinski definition) is 5. The van der Waals surface area contributed by atoms with E-state index >= 15 is 0 Å². The van der Waals surface area contributed by atoms with Crippen LogP contribution in [0.3, 0.4) is 0 Å². The molecule has 2 heterocycles. The van der Waals surface area contributed by atoms with Crippen molar-refractivity contribution in [3.63, 3.8) is 0 Å². The van der Waals surface area contributed by atoms with Gasteiger partial charge in [-0.2, -0.15) is 0 Å². The Morgan fingerprint density at radius 2 is 2.16 bits per heavy atom. The largest absolute Gasteiger partial charge is 0.481 e. The van der Waals surface area contributed by atoms with Crippen molar-refractivity contribution in [2.75, 3.05) is 18.8 Å². The number of carbonyl (C=O) groups excluding carboxylic acids is 1. The van der Waals surface area contributed by atoms with Gasteiger partial charge in [-0.25, -0.2) is 9.97 Å². The van der Waals surface area contributed by atoms with E-state index in [1.165, 1.54) is 18.1 Å². The van der Waals surface area contributed by atoms with Gasteiger partial charge >= 0.3 is 5.97 Å². The Hall–Kier alpha value is -1.63. The van der Waals surface area contributed by atoms with Crippen molar-refractivity contribution >= 4 is 23.6 Å². The highest BCUT2D eigenvalue weighted by atomic mass is 32.2. The number of carboxylic acid groups (broad SMARTS) is 1. The molecule has 0 spiro atoms. The quantitative estimate of drug-likeness (QED) is 0.652. The third kappa shape index (κ3) is 3.92. The van der Waals surface area contributed by atoms with Crippen LogP contribution in [0.15, 0.2) is 23.6 Å². The number of carbonyl (C=O) groups is 2. The predicted octanol–water partition coefficient (Wildman–Crippen LogP) is 0.892. The predicted molar refractivity (Wildman–Crippen MR) is 69.7 cm³/mol. The van der Waals surface area contributed by atoms with Crippen LogP contribution in [-0.4, -0.2) is 50.7 Å². The first kappa shape index (κ1) is 13.8. The van der Waals surface area contributed by atoms with E-state index in [4.69, 9.17) is 5.11 Å². The van der Waals surface area contributed by atoms with Crippen molar-refractivity contribution in [1.82, 2.24) is 14.9 Å². The molecule has 0 saturated carbocycles. The van der Waals surface area contributed by atoms with Gasteiger partial charge in [-0.05, 0) is 18.9 Å². The number of aromatic nitrogens is 2. The average Bonchev–Trinajstić information content (AvgIpc) is 2.46. The normalized spacial score (nSPS) is 16.3. The molecule has 1 N–H and O–H groups in total. The van der Waals surface area contributed by atoms with E-state index in [0.29, 0.717) is 31.7 Å². The van der Waals surface area contributed by atoms with Crippen LogP contribution in [0, 0.1) is 5.92 Å². The van der Waals surface area contributed by atoms with E-state index in [1.807, 2.05) is 0 Å². The molecule has 6 nitrogen and oxygen atoms in total. The zero-order chi connectivity index (χ0) is 13.7. The summed E-state index contributed by atoms with van der Waals surface area (Å²) < 4.78 is 0. The summed E-state index contributed by atoms with van der Waals surface area (Å²) in [6, 6.07) is 1.76. The molecule has 0 radical (unpaired) electrons. The number of likely N-dealkylation sites (tertiary alicyclic amines) is 1. The van der Waals surface area contributed by atoms with Crippen molar-refractivity contribution in [3.05, 3.63) is 18.6 Å². The summed E-state index contributed by atoms with van der Waals surface area (Å²) >= 11 is 1.37. The lowest BCUT2D eigenvalue weighted by molar-refractivity contribution is -0.145. The van der Waals surface area contributed by atoms with Crippen LogP contribution in [0.1, 0.15) is 12.8 Å². The van der Waals surface area contributed by atoms with Crippen LogP contribution in [0.25, 0.3) is 0 Å². The molecule has 1 amide bonds. The first-order chi connectivity index (χ1) is 9.16. The highest BCUT2D eigenvalue weighted by Crippen LogP contribution is 2.19. The Kier molecular flexibility index (Phi) is 4.73. The van der Waals surface area contributed by atoms with E-state index in [9.17, 15) is 9.59 Å². The molecule has 0 aliphatic carbocycles. The molecule has 7 heteroatoms. The number of aliphatic carboxylic acids is 1. The number of rotatable bonds is 4. The standard InChI is InChI=1S/C12H15N3O3S/c16-11(7-19-10-1-4-13-8-14-10)15-5-2-9(3-6-15)12(17)18/h1,4,8-9H,2-3,5-7H2,(H,17,18).